The van der Waals surface area contributed by atoms with Gasteiger partial charge in [-0.3, -0.25) is 9.78 Å². The molecule has 3 nitrogen and oxygen atoms in total. The average molecular weight is 254 g/mol. The summed E-state index contributed by atoms with van der Waals surface area (Å²) >= 11 is 0. The standard InChI is InChI=1S/C16H18N2O/c1-16(9-2-3-11-18-16)15(19)13-8-4-6-12-7-5-10-17-14(12)13/h4-8,10,18H,2-3,9,11H2,1H3. The van der Waals surface area contributed by atoms with Crippen LogP contribution in [0.25, 0.3) is 10.9 Å². The molecule has 19 heavy (non-hydrogen) atoms. The Morgan fingerprint density at radius 3 is 2.89 bits per heavy atom. The van der Waals surface area contributed by atoms with Crippen molar-refractivity contribution in [2.45, 2.75) is 31.7 Å². The smallest absolute Gasteiger partial charge is 0.184 e. The molecule has 2 aromatic rings. The SMILES string of the molecule is CC1(C(=O)c2cccc3cccnc23)CCCCN1. The highest BCUT2D eigenvalue weighted by Crippen LogP contribution is 2.26. The summed E-state index contributed by atoms with van der Waals surface area (Å²) in [5.74, 6) is 0.163. The lowest BCUT2D eigenvalue weighted by atomic mass is 9.83. The van der Waals surface area contributed by atoms with Crippen molar-refractivity contribution in [1.82, 2.24) is 10.3 Å². The molecule has 98 valence electrons. The van der Waals surface area contributed by atoms with Crippen LogP contribution < -0.4 is 5.32 Å². The van der Waals surface area contributed by atoms with Gasteiger partial charge in [0.15, 0.2) is 5.78 Å². The number of nitrogens with one attached hydrogen (secondary N) is 1. The van der Waals surface area contributed by atoms with Crippen molar-refractivity contribution in [3.63, 3.8) is 0 Å². The van der Waals surface area contributed by atoms with E-state index in [0.29, 0.717) is 0 Å². The Bertz CT molecular complexity index is 610. The molecule has 1 aliphatic heterocycles. The zero-order valence-electron chi connectivity index (χ0n) is 11.1. The number of rotatable bonds is 2. The van der Waals surface area contributed by atoms with E-state index >= 15 is 0 Å². The molecule has 3 heteroatoms. The number of benzene rings is 1. The van der Waals surface area contributed by atoms with E-state index in [1.165, 1.54) is 0 Å². The summed E-state index contributed by atoms with van der Waals surface area (Å²) in [6.45, 7) is 2.93. The van der Waals surface area contributed by atoms with Gasteiger partial charge >= 0.3 is 0 Å². The summed E-state index contributed by atoms with van der Waals surface area (Å²) in [7, 11) is 0. The number of nitrogens with zero attached hydrogens (tertiary/aromatic N) is 1. The normalized spacial score (nSPS) is 23.4. The van der Waals surface area contributed by atoms with E-state index in [1.54, 1.807) is 6.20 Å². The second kappa shape index (κ2) is 4.74. The van der Waals surface area contributed by atoms with Crippen LogP contribution >= 0.6 is 0 Å². The molecule has 2 heterocycles. The van der Waals surface area contributed by atoms with Crippen LogP contribution in [0.3, 0.4) is 0 Å². The first kappa shape index (κ1) is 12.3. The molecule has 1 unspecified atom stereocenters. The molecule has 1 aliphatic rings. The van der Waals surface area contributed by atoms with Crippen LogP contribution in [0, 0.1) is 0 Å². The summed E-state index contributed by atoms with van der Waals surface area (Å²) < 4.78 is 0. The highest BCUT2D eigenvalue weighted by Gasteiger charge is 2.35. The third-order valence-corrected chi connectivity index (χ3v) is 4.00. The van der Waals surface area contributed by atoms with Gasteiger partial charge in [0, 0.05) is 17.1 Å². The maximum absolute atomic E-state index is 12.8. The minimum Gasteiger partial charge on any atom is -0.305 e. The molecule has 1 aromatic carbocycles. The molecule has 1 saturated heterocycles. The summed E-state index contributed by atoms with van der Waals surface area (Å²) in [4.78, 5) is 17.2. The molecule has 0 bridgehead atoms. The zero-order valence-corrected chi connectivity index (χ0v) is 11.1. The Morgan fingerprint density at radius 1 is 1.26 bits per heavy atom. The number of ketones is 1. The minimum atomic E-state index is -0.440. The van der Waals surface area contributed by atoms with Gasteiger partial charge in [0.2, 0.25) is 0 Å². The van der Waals surface area contributed by atoms with Gasteiger partial charge in [0.25, 0.3) is 0 Å². The summed E-state index contributed by atoms with van der Waals surface area (Å²) in [5, 5.41) is 4.40. The highest BCUT2D eigenvalue weighted by atomic mass is 16.1. The molecule has 1 aromatic heterocycles. The van der Waals surface area contributed by atoms with Gasteiger partial charge < -0.3 is 5.32 Å². The fourth-order valence-electron chi connectivity index (χ4n) is 2.83. The molecule has 1 N–H and O–H groups in total. The Hall–Kier alpha value is -1.74. The van der Waals surface area contributed by atoms with Crippen molar-refractivity contribution in [2.24, 2.45) is 0 Å². The summed E-state index contributed by atoms with van der Waals surface area (Å²) in [6, 6.07) is 9.71. The minimum absolute atomic E-state index is 0.163. The predicted octanol–water partition coefficient (Wildman–Crippen LogP) is 2.95. The van der Waals surface area contributed by atoms with Gasteiger partial charge in [0.1, 0.15) is 0 Å². The number of para-hydroxylation sites is 1. The van der Waals surface area contributed by atoms with Crippen LogP contribution in [-0.2, 0) is 0 Å². The summed E-state index contributed by atoms with van der Waals surface area (Å²) in [5.41, 5.74) is 1.10. The van der Waals surface area contributed by atoms with Crippen molar-refractivity contribution < 1.29 is 4.79 Å². The number of hydrogen-bond acceptors (Lipinski definition) is 3. The Kier molecular flexibility index (Phi) is 3.07. The van der Waals surface area contributed by atoms with Crippen molar-refractivity contribution >= 4 is 16.7 Å². The predicted molar refractivity (Wildman–Crippen MR) is 76.3 cm³/mol. The van der Waals surface area contributed by atoms with Crippen molar-refractivity contribution in [1.29, 1.82) is 0 Å². The van der Waals surface area contributed by atoms with Crippen LogP contribution in [0.15, 0.2) is 36.5 Å². The first-order chi connectivity index (χ1) is 9.21. The first-order valence-corrected chi connectivity index (χ1v) is 6.84. The van der Waals surface area contributed by atoms with E-state index in [4.69, 9.17) is 0 Å². The molecular weight excluding hydrogens is 236 g/mol. The first-order valence-electron chi connectivity index (χ1n) is 6.84. The lowest BCUT2D eigenvalue weighted by Gasteiger charge is -2.33. The highest BCUT2D eigenvalue weighted by molar-refractivity contribution is 6.11. The van der Waals surface area contributed by atoms with E-state index in [0.717, 1.165) is 42.3 Å². The zero-order chi connectivity index (χ0) is 13.3. The Morgan fingerprint density at radius 2 is 2.11 bits per heavy atom. The molecule has 0 aliphatic carbocycles. The molecule has 3 rings (SSSR count). The number of carbonyl (C=O) groups is 1. The number of piperidine rings is 1. The number of hydrogen-bond donors (Lipinski definition) is 1. The topological polar surface area (TPSA) is 42.0 Å². The van der Waals surface area contributed by atoms with Crippen LogP contribution in [0.5, 0.6) is 0 Å². The largest absolute Gasteiger partial charge is 0.305 e. The molecule has 0 spiro atoms. The molecule has 0 radical (unpaired) electrons. The number of Topliss-reactive ketones (excluding diaryl/α,β-unsaturated/α-hetero) is 1. The van der Waals surface area contributed by atoms with Gasteiger partial charge in [0.05, 0.1) is 11.1 Å². The van der Waals surface area contributed by atoms with Gasteiger partial charge in [-0.25, -0.2) is 0 Å². The van der Waals surface area contributed by atoms with E-state index in [9.17, 15) is 4.79 Å². The fraction of sp³-hybridized carbons (Fsp3) is 0.375. The lowest BCUT2D eigenvalue weighted by Crippen LogP contribution is -2.52. The molecule has 0 saturated carbocycles. The van der Waals surface area contributed by atoms with Gasteiger partial charge in [-0.05, 0) is 44.9 Å². The second-order valence-electron chi connectivity index (χ2n) is 5.43. The maximum atomic E-state index is 12.8. The number of pyridine rings is 1. The number of aromatic nitrogens is 1. The second-order valence-corrected chi connectivity index (χ2v) is 5.43. The molecule has 1 fully saturated rings. The van der Waals surface area contributed by atoms with Crippen molar-refractivity contribution in [3.8, 4) is 0 Å². The summed E-state index contributed by atoms with van der Waals surface area (Å²) in [6.07, 6.45) is 4.90. The van der Waals surface area contributed by atoms with Crippen LogP contribution in [0.4, 0.5) is 0 Å². The fourth-order valence-corrected chi connectivity index (χ4v) is 2.83. The molecule has 0 amide bonds. The Labute approximate surface area is 113 Å². The Balaban J connectivity index is 2.06. The molecular formula is C16H18N2O. The quantitative estimate of drug-likeness (QED) is 0.838. The number of fused-ring (bicyclic) bond motifs is 1. The van der Waals surface area contributed by atoms with Gasteiger partial charge in [-0.1, -0.05) is 18.2 Å². The van der Waals surface area contributed by atoms with E-state index in [-0.39, 0.29) is 5.78 Å². The number of carbonyl (C=O) groups excluding carboxylic acids is 1. The third kappa shape index (κ3) is 2.15. The molecule has 1 atom stereocenters. The van der Waals surface area contributed by atoms with Crippen molar-refractivity contribution in [2.75, 3.05) is 6.54 Å². The lowest BCUT2D eigenvalue weighted by molar-refractivity contribution is 0.0836. The van der Waals surface area contributed by atoms with Crippen LogP contribution in [-0.4, -0.2) is 22.9 Å². The average Bonchev–Trinajstić information content (AvgIpc) is 2.47. The van der Waals surface area contributed by atoms with Crippen LogP contribution in [0.1, 0.15) is 36.5 Å². The van der Waals surface area contributed by atoms with Crippen molar-refractivity contribution in [3.05, 3.63) is 42.1 Å². The van der Waals surface area contributed by atoms with E-state index in [2.05, 4.69) is 10.3 Å². The van der Waals surface area contributed by atoms with E-state index in [1.807, 2.05) is 37.3 Å². The van der Waals surface area contributed by atoms with Gasteiger partial charge in [-0.15, -0.1) is 0 Å². The van der Waals surface area contributed by atoms with Crippen LogP contribution in [0.2, 0.25) is 0 Å². The van der Waals surface area contributed by atoms with E-state index < -0.39 is 5.54 Å². The van der Waals surface area contributed by atoms with Gasteiger partial charge in [-0.2, -0.15) is 0 Å². The monoisotopic (exact) mass is 254 g/mol. The third-order valence-electron chi connectivity index (χ3n) is 4.00. The maximum Gasteiger partial charge on any atom is 0.184 e.